The lowest BCUT2D eigenvalue weighted by Gasteiger charge is -2.22. The summed E-state index contributed by atoms with van der Waals surface area (Å²) in [5.41, 5.74) is 0.614. The highest BCUT2D eigenvalue weighted by Gasteiger charge is 2.22. The summed E-state index contributed by atoms with van der Waals surface area (Å²) in [4.78, 5) is 11.6. The van der Waals surface area contributed by atoms with Crippen LogP contribution in [0, 0.1) is 11.6 Å². The molecule has 0 saturated heterocycles. The molecule has 24 heavy (non-hydrogen) atoms. The SMILES string of the molecule is CC(=O)NC(c1cc(F)cc(F)c1)c1c(O)ccc2ccccc12. The van der Waals surface area contributed by atoms with Gasteiger partial charge in [-0.25, -0.2) is 8.78 Å². The zero-order valence-electron chi connectivity index (χ0n) is 12.9. The largest absolute Gasteiger partial charge is 0.508 e. The first-order valence-electron chi connectivity index (χ1n) is 7.39. The molecule has 1 unspecified atom stereocenters. The average Bonchev–Trinajstić information content (AvgIpc) is 2.52. The molecule has 5 heteroatoms. The van der Waals surface area contributed by atoms with E-state index in [1.165, 1.54) is 13.0 Å². The summed E-state index contributed by atoms with van der Waals surface area (Å²) in [6.45, 7) is 1.31. The van der Waals surface area contributed by atoms with E-state index in [1.807, 2.05) is 12.1 Å². The predicted molar refractivity (Wildman–Crippen MR) is 87.6 cm³/mol. The summed E-state index contributed by atoms with van der Waals surface area (Å²) in [7, 11) is 0. The molecule has 3 aromatic carbocycles. The van der Waals surface area contributed by atoms with Gasteiger partial charge in [-0.1, -0.05) is 30.3 Å². The Morgan fingerprint density at radius 2 is 1.71 bits per heavy atom. The van der Waals surface area contributed by atoms with Gasteiger partial charge in [0.25, 0.3) is 0 Å². The van der Waals surface area contributed by atoms with Gasteiger partial charge in [0.2, 0.25) is 5.91 Å². The van der Waals surface area contributed by atoms with E-state index in [1.54, 1.807) is 18.2 Å². The molecular formula is C19H15F2NO2. The molecule has 3 aromatic rings. The topological polar surface area (TPSA) is 49.3 Å². The van der Waals surface area contributed by atoms with Crippen LogP contribution in [0.15, 0.2) is 54.6 Å². The molecule has 3 nitrogen and oxygen atoms in total. The third-order valence-corrected chi connectivity index (χ3v) is 3.80. The number of hydrogen-bond acceptors (Lipinski definition) is 2. The Balaban J connectivity index is 2.27. The normalized spacial score (nSPS) is 12.1. The number of benzene rings is 3. The summed E-state index contributed by atoms with van der Waals surface area (Å²) in [6, 6.07) is 12.7. The van der Waals surface area contributed by atoms with Crippen LogP contribution in [0.5, 0.6) is 5.75 Å². The average molecular weight is 327 g/mol. The zero-order chi connectivity index (χ0) is 17.3. The van der Waals surface area contributed by atoms with Gasteiger partial charge in [-0.2, -0.15) is 0 Å². The van der Waals surface area contributed by atoms with Crippen molar-refractivity contribution >= 4 is 16.7 Å². The lowest BCUT2D eigenvalue weighted by molar-refractivity contribution is -0.119. The smallest absolute Gasteiger partial charge is 0.217 e. The third-order valence-electron chi connectivity index (χ3n) is 3.80. The number of fused-ring (bicyclic) bond motifs is 1. The summed E-state index contributed by atoms with van der Waals surface area (Å²) >= 11 is 0. The number of halogens is 2. The van der Waals surface area contributed by atoms with Gasteiger partial charge in [0.05, 0.1) is 6.04 Å². The molecule has 0 aromatic heterocycles. The molecule has 1 atom stereocenters. The molecule has 1 amide bonds. The van der Waals surface area contributed by atoms with Gasteiger partial charge in [-0.3, -0.25) is 4.79 Å². The summed E-state index contributed by atoms with van der Waals surface area (Å²) < 4.78 is 27.3. The number of aromatic hydroxyl groups is 1. The number of carbonyl (C=O) groups excluding carboxylic acids is 1. The van der Waals surface area contributed by atoms with E-state index in [2.05, 4.69) is 5.32 Å². The fourth-order valence-electron chi connectivity index (χ4n) is 2.85. The van der Waals surface area contributed by atoms with E-state index in [0.29, 0.717) is 10.9 Å². The fraction of sp³-hybridized carbons (Fsp3) is 0.105. The molecule has 0 aliphatic carbocycles. The highest BCUT2D eigenvalue weighted by Crippen LogP contribution is 2.36. The first kappa shape index (κ1) is 15.9. The number of nitrogens with one attached hydrogen (secondary N) is 1. The van der Waals surface area contributed by atoms with Crippen molar-refractivity contribution in [2.24, 2.45) is 0 Å². The van der Waals surface area contributed by atoms with Gasteiger partial charge in [0.1, 0.15) is 17.4 Å². The molecule has 0 fully saturated rings. The van der Waals surface area contributed by atoms with E-state index >= 15 is 0 Å². The molecule has 0 aliphatic rings. The number of rotatable bonds is 3. The Morgan fingerprint density at radius 1 is 1.04 bits per heavy atom. The molecule has 0 radical (unpaired) electrons. The quantitative estimate of drug-likeness (QED) is 0.762. The van der Waals surface area contributed by atoms with Crippen LogP contribution in [0.4, 0.5) is 8.78 Å². The molecule has 0 heterocycles. The van der Waals surface area contributed by atoms with Crippen molar-refractivity contribution in [1.29, 1.82) is 0 Å². The van der Waals surface area contributed by atoms with Crippen molar-refractivity contribution in [1.82, 2.24) is 5.32 Å². The Kier molecular flexibility index (Phi) is 4.16. The van der Waals surface area contributed by atoms with E-state index in [-0.39, 0.29) is 17.2 Å². The Morgan fingerprint density at radius 3 is 2.38 bits per heavy atom. The molecule has 0 bridgehead atoms. The van der Waals surface area contributed by atoms with Crippen LogP contribution in [0.3, 0.4) is 0 Å². The molecular weight excluding hydrogens is 312 g/mol. The van der Waals surface area contributed by atoms with Crippen LogP contribution in [-0.4, -0.2) is 11.0 Å². The number of hydrogen-bond donors (Lipinski definition) is 2. The van der Waals surface area contributed by atoms with Crippen LogP contribution >= 0.6 is 0 Å². The number of amides is 1. The van der Waals surface area contributed by atoms with Crippen molar-refractivity contribution in [2.45, 2.75) is 13.0 Å². The first-order valence-corrected chi connectivity index (χ1v) is 7.39. The Labute approximate surface area is 137 Å². The summed E-state index contributed by atoms with van der Waals surface area (Å²) in [5, 5.41) is 14.6. The molecule has 0 aliphatic heterocycles. The van der Waals surface area contributed by atoms with Crippen molar-refractivity contribution in [3.63, 3.8) is 0 Å². The summed E-state index contributed by atoms with van der Waals surface area (Å²) in [6.07, 6.45) is 0. The van der Waals surface area contributed by atoms with Crippen LogP contribution in [0.25, 0.3) is 10.8 Å². The van der Waals surface area contributed by atoms with Crippen molar-refractivity contribution in [3.05, 3.63) is 77.4 Å². The minimum Gasteiger partial charge on any atom is -0.508 e. The van der Waals surface area contributed by atoms with Crippen molar-refractivity contribution in [3.8, 4) is 5.75 Å². The van der Waals surface area contributed by atoms with Crippen LogP contribution < -0.4 is 5.32 Å². The minimum absolute atomic E-state index is 0.0582. The van der Waals surface area contributed by atoms with Gasteiger partial charge in [-0.05, 0) is 34.5 Å². The first-order chi connectivity index (χ1) is 11.5. The van der Waals surface area contributed by atoms with Gasteiger partial charge in [0.15, 0.2) is 0 Å². The van der Waals surface area contributed by atoms with Crippen LogP contribution in [0.1, 0.15) is 24.1 Å². The number of phenolic OH excluding ortho intramolecular Hbond substituents is 1. The standard InChI is InChI=1S/C19H15F2NO2/c1-11(23)22-19(13-8-14(20)10-15(21)9-13)18-16-5-3-2-4-12(16)6-7-17(18)24/h2-10,19,24H,1H3,(H,22,23). The third kappa shape index (κ3) is 3.06. The lowest BCUT2D eigenvalue weighted by Crippen LogP contribution is -2.27. The van der Waals surface area contributed by atoms with E-state index in [4.69, 9.17) is 0 Å². The summed E-state index contributed by atoms with van der Waals surface area (Å²) in [5.74, 6) is -1.94. The predicted octanol–water partition coefficient (Wildman–Crippen LogP) is 4.05. The maximum atomic E-state index is 13.6. The second kappa shape index (κ2) is 6.28. The number of phenols is 1. The lowest BCUT2D eigenvalue weighted by atomic mass is 9.92. The molecule has 2 N–H and O–H groups in total. The van der Waals surface area contributed by atoms with E-state index in [0.717, 1.165) is 23.6 Å². The fourth-order valence-corrected chi connectivity index (χ4v) is 2.85. The monoisotopic (exact) mass is 327 g/mol. The maximum Gasteiger partial charge on any atom is 0.217 e. The highest BCUT2D eigenvalue weighted by atomic mass is 19.1. The minimum atomic E-state index is -0.876. The van der Waals surface area contributed by atoms with Gasteiger partial charge in [-0.15, -0.1) is 0 Å². The van der Waals surface area contributed by atoms with Gasteiger partial charge in [0, 0.05) is 18.6 Å². The molecule has 3 rings (SSSR count). The number of carbonyl (C=O) groups is 1. The Hall–Kier alpha value is -2.95. The van der Waals surface area contributed by atoms with Crippen molar-refractivity contribution in [2.75, 3.05) is 0 Å². The second-order valence-corrected chi connectivity index (χ2v) is 5.56. The maximum absolute atomic E-state index is 13.6. The molecule has 122 valence electrons. The molecule has 0 saturated carbocycles. The van der Waals surface area contributed by atoms with Crippen LogP contribution in [-0.2, 0) is 4.79 Å². The van der Waals surface area contributed by atoms with Crippen molar-refractivity contribution < 1.29 is 18.7 Å². The van der Waals surface area contributed by atoms with Crippen LogP contribution in [0.2, 0.25) is 0 Å². The second-order valence-electron chi connectivity index (χ2n) is 5.56. The van der Waals surface area contributed by atoms with E-state index in [9.17, 15) is 18.7 Å². The van der Waals surface area contributed by atoms with E-state index < -0.39 is 17.7 Å². The van der Waals surface area contributed by atoms with Gasteiger partial charge >= 0.3 is 0 Å². The Bertz CT molecular complexity index is 904. The van der Waals surface area contributed by atoms with Gasteiger partial charge < -0.3 is 10.4 Å². The molecule has 0 spiro atoms. The zero-order valence-corrected chi connectivity index (χ0v) is 12.9. The highest BCUT2D eigenvalue weighted by molar-refractivity contribution is 5.89.